The van der Waals surface area contributed by atoms with Crippen molar-refractivity contribution in [1.82, 2.24) is 0 Å². The predicted molar refractivity (Wildman–Crippen MR) is 106 cm³/mol. The van der Waals surface area contributed by atoms with Gasteiger partial charge in [0.1, 0.15) is 0 Å². The molecule has 0 heteroatoms. The quantitative estimate of drug-likeness (QED) is 0.482. The number of benzene rings is 2. The predicted octanol–water partition coefficient (Wildman–Crippen LogP) is 6.99. The molecule has 0 fully saturated rings. The summed E-state index contributed by atoms with van der Waals surface area (Å²) in [5, 5.41) is 0. The Kier molecular flexibility index (Phi) is 6.12. The van der Waals surface area contributed by atoms with Crippen LogP contribution in [0.1, 0.15) is 69.1 Å². The molecular formula is C24H32. The number of rotatable bonds is 7. The highest BCUT2D eigenvalue weighted by Gasteiger charge is 2.18. The Labute approximate surface area is 148 Å². The van der Waals surface area contributed by atoms with Crippen LogP contribution in [0.3, 0.4) is 0 Å². The summed E-state index contributed by atoms with van der Waals surface area (Å²) in [4.78, 5) is 0. The fourth-order valence-electron chi connectivity index (χ4n) is 4.09. The third kappa shape index (κ3) is 4.29. The van der Waals surface area contributed by atoms with Gasteiger partial charge >= 0.3 is 0 Å². The number of unbranched alkanes of at least 4 members (excludes halogenated alkanes) is 2. The molecule has 0 spiro atoms. The van der Waals surface area contributed by atoms with E-state index in [0.29, 0.717) is 0 Å². The number of hydrogen-bond donors (Lipinski definition) is 0. The maximum absolute atomic E-state index is 2.45. The molecule has 0 aromatic heterocycles. The fraction of sp³-hybridized carbons (Fsp3) is 0.500. The highest BCUT2D eigenvalue weighted by atomic mass is 14.2. The van der Waals surface area contributed by atoms with E-state index in [9.17, 15) is 0 Å². The van der Waals surface area contributed by atoms with Crippen LogP contribution in [0.15, 0.2) is 42.5 Å². The molecule has 0 N–H and O–H groups in total. The fourth-order valence-corrected chi connectivity index (χ4v) is 4.09. The van der Waals surface area contributed by atoms with Gasteiger partial charge in [0.2, 0.25) is 0 Å². The van der Waals surface area contributed by atoms with Crippen LogP contribution in [0, 0.1) is 5.92 Å². The Morgan fingerprint density at radius 2 is 1.62 bits per heavy atom. The molecule has 0 saturated heterocycles. The number of fused-ring (bicyclic) bond motifs is 1. The van der Waals surface area contributed by atoms with Gasteiger partial charge in [0.15, 0.2) is 0 Å². The van der Waals surface area contributed by atoms with Crippen molar-refractivity contribution in [2.45, 2.75) is 71.6 Å². The smallest absolute Gasteiger partial charge is 0.0181 e. The van der Waals surface area contributed by atoms with Crippen LogP contribution in [-0.4, -0.2) is 0 Å². The summed E-state index contributed by atoms with van der Waals surface area (Å²) in [5.74, 6) is 0.920. The second kappa shape index (κ2) is 8.51. The molecule has 2 aromatic rings. The van der Waals surface area contributed by atoms with Gasteiger partial charge in [0.25, 0.3) is 0 Å². The normalized spacial score (nSPS) is 16.8. The molecule has 0 nitrogen and oxygen atoms in total. The van der Waals surface area contributed by atoms with Crippen LogP contribution in [0.5, 0.6) is 0 Å². The molecule has 0 bridgehead atoms. The standard InChI is InChI=1S/C24H32/c1-3-5-6-8-20-11-14-24-18-23(16-15-22(24)17-20)21-12-9-19(7-4-2)10-13-21/h9-10,12-13,15-16,18,20H,3-8,11,14,17H2,1-2H3. The molecule has 24 heavy (non-hydrogen) atoms. The summed E-state index contributed by atoms with van der Waals surface area (Å²) in [7, 11) is 0. The van der Waals surface area contributed by atoms with Gasteiger partial charge in [0, 0.05) is 0 Å². The Hall–Kier alpha value is -1.56. The summed E-state index contributed by atoms with van der Waals surface area (Å²) >= 11 is 0. The topological polar surface area (TPSA) is 0 Å². The van der Waals surface area contributed by atoms with Crippen molar-refractivity contribution in [3.63, 3.8) is 0 Å². The van der Waals surface area contributed by atoms with E-state index >= 15 is 0 Å². The summed E-state index contributed by atoms with van der Waals surface area (Å²) in [6, 6.07) is 16.4. The van der Waals surface area contributed by atoms with E-state index in [1.54, 1.807) is 11.1 Å². The zero-order chi connectivity index (χ0) is 16.8. The van der Waals surface area contributed by atoms with E-state index < -0.39 is 0 Å². The van der Waals surface area contributed by atoms with Crippen molar-refractivity contribution in [3.05, 3.63) is 59.2 Å². The number of aryl methyl sites for hydroxylation is 2. The Morgan fingerprint density at radius 3 is 2.38 bits per heavy atom. The summed E-state index contributed by atoms with van der Waals surface area (Å²) in [5.41, 5.74) is 7.41. The van der Waals surface area contributed by atoms with Gasteiger partial charge in [-0.2, -0.15) is 0 Å². The molecule has 0 heterocycles. The van der Waals surface area contributed by atoms with Crippen LogP contribution in [-0.2, 0) is 19.3 Å². The third-order valence-corrected chi connectivity index (χ3v) is 5.58. The lowest BCUT2D eigenvalue weighted by molar-refractivity contribution is 0.408. The van der Waals surface area contributed by atoms with Crippen LogP contribution in [0.4, 0.5) is 0 Å². The molecule has 1 atom stereocenters. The van der Waals surface area contributed by atoms with Crippen molar-refractivity contribution in [1.29, 1.82) is 0 Å². The van der Waals surface area contributed by atoms with E-state index in [1.165, 1.54) is 74.5 Å². The van der Waals surface area contributed by atoms with Crippen molar-refractivity contribution in [3.8, 4) is 11.1 Å². The summed E-state index contributed by atoms with van der Waals surface area (Å²) < 4.78 is 0. The van der Waals surface area contributed by atoms with Gasteiger partial charge in [-0.25, -0.2) is 0 Å². The first kappa shape index (κ1) is 17.3. The van der Waals surface area contributed by atoms with Crippen LogP contribution >= 0.6 is 0 Å². The van der Waals surface area contributed by atoms with Crippen molar-refractivity contribution in [2.24, 2.45) is 5.92 Å². The van der Waals surface area contributed by atoms with Gasteiger partial charge < -0.3 is 0 Å². The maximum Gasteiger partial charge on any atom is -0.0181 e. The maximum atomic E-state index is 2.45. The van der Waals surface area contributed by atoms with E-state index in [-0.39, 0.29) is 0 Å². The van der Waals surface area contributed by atoms with E-state index in [4.69, 9.17) is 0 Å². The highest BCUT2D eigenvalue weighted by molar-refractivity contribution is 5.65. The minimum Gasteiger partial charge on any atom is -0.0654 e. The van der Waals surface area contributed by atoms with Gasteiger partial charge in [-0.15, -0.1) is 0 Å². The van der Waals surface area contributed by atoms with Crippen molar-refractivity contribution in [2.75, 3.05) is 0 Å². The van der Waals surface area contributed by atoms with Gasteiger partial charge in [-0.3, -0.25) is 0 Å². The molecule has 2 aromatic carbocycles. The largest absolute Gasteiger partial charge is 0.0654 e. The average Bonchev–Trinajstić information content (AvgIpc) is 2.62. The van der Waals surface area contributed by atoms with Crippen molar-refractivity contribution < 1.29 is 0 Å². The molecule has 3 rings (SSSR count). The summed E-state index contributed by atoms with van der Waals surface area (Å²) in [6.45, 7) is 4.54. The molecule has 0 radical (unpaired) electrons. The van der Waals surface area contributed by atoms with E-state index in [2.05, 4.69) is 56.3 Å². The molecule has 1 aliphatic carbocycles. The minimum absolute atomic E-state index is 0.920. The molecule has 0 aliphatic heterocycles. The lowest BCUT2D eigenvalue weighted by Gasteiger charge is -2.25. The Morgan fingerprint density at radius 1 is 0.833 bits per heavy atom. The third-order valence-electron chi connectivity index (χ3n) is 5.58. The van der Waals surface area contributed by atoms with Crippen molar-refractivity contribution >= 4 is 0 Å². The van der Waals surface area contributed by atoms with Crippen LogP contribution in [0.2, 0.25) is 0 Å². The Bertz CT molecular complexity index is 636. The number of hydrogen-bond acceptors (Lipinski definition) is 0. The first-order valence-electron chi connectivity index (χ1n) is 10.0. The van der Waals surface area contributed by atoms with Gasteiger partial charge in [-0.1, -0.05) is 88.4 Å². The Balaban J connectivity index is 1.68. The van der Waals surface area contributed by atoms with Crippen LogP contribution < -0.4 is 0 Å². The SMILES string of the molecule is CCCCCC1CCc2cc(-c3ccc(CCC)cc3)ccc2C1. The molecule has 1 unspecified atom stereocenters. The molecule has 128 valence electrons. The lowest BCUT2D eigenvalue weighted by Crippen LogP contribution is -2.14. The second-order valence-corrected chi connectivity index (χ2v) is 7.54. The zero-order valence-electron chi connectivity index (χ0n) is 15.5. The second-order valence-electron chi connectivity index (χ2n) is 7.54. The summed E-state index contributed by atoms with van der Waals surface area (Å²) in [6.07, 6.45) is 11.9. The first-order chi connectivity index (χ1) is 11.8. The molecular weight excluding hydrogens is 288 g/mol. The lowest BCUT2D eigenvalue weighted by atomic mass is 9.80. The monoisotopic (exact) mass is 320 g/mol. The first-order valence-corrected chi connectivity index (χ1v) is 10.0. The average molecular weight is 321 g/mol. The van der Waals surface area contributed by atoms with Gasteiger partial charge in [0.05, 0.1) is 0 Å². The zero-order valence-corrected chi connectivity index (χ0v) is 15.5. The molecule has 0 amide bonds. The van der Waals surface area contributed by atoms with Gasteiger partial charge in [-0.05, 0) is 59.4 Å². The molecule has 0 saturated carbocycles. The molecule has 1 aliphatic rings. The highest BCUT2D eigenvalue weighted by Crippen LogP contribution is 2.32. The minimum atomic E-state index is 0.920. The van der Waals surface area contributed by atoms with E-state index in [1.807, 2.05) is 0 Å². The van der Waals surface area contributed by atoms with Crippen LogP contribution in [0.25, 0.3) is 11.1 Å². The van der Waals surface area contributed by atoms with E-state index in [0.717, 1.165) is 5.92 Å².